The summed E-state index contributed by atoms with van der Waals surface area (Å²) in [5, 5.41) is 66.3. The minimum Gasteiger partial charge on any atom is -0.359 e. The van der Waals surface area contributed by atoms with Gasteiger partial charge in [0.15, 0.2) is 5.79 Å². The largest absolute Gasteiger partial charge is 0.359 e. The zero-order valence-corrected chi connectivity index (χ0v) is 61.0. The van der Waals surface area contributed by atoms with Crippen molar-refractivity contribution in [3.63, 3.8) is 0 Å². The monoisotopic (exact) mass is 1430 g/mol. The Morgan fingerprint density at radius 2 is 0.402 bits per heavy atom. The molecule has 0 bridgehead atoms. The van der Waals surface area contributed by atoms with Gasteiger partial charge in [0, 0.05) is 19.3 Å². The highest BCUT2D eigenvalue weighted by molar-refractivity contribution is 6.61. The Bertz CT molecular complexity index is 8690. The summed E-state index contributed by atoms with van der Waals surface area (Å²) in [5.74, 6) is -1.28. The van der Waals surface area contributed by atoms with Crippen molar-refractivity contribution in [3.05, 3.63) is 206 Å². The molecule has 24 aromatic carbocycles. The van der Waals surface area contributed by atoms with E-state index in [1.54, 1.807) is 272 Å². The predicted molar refractivity (Wildman–Crippen MR) is 446 cm³/mol. The molecule has 0 N–H and O–H groups in total. The smallest absolute Gasteiger partial charge is 0.284 e. The molecule has 5 fully saturated rings. The molecule has 17 aliphatic rings. The van der Waals surface area contributed by atoms with Crippen molar-refractivity contribution in [2.75, 3.05) is 6.61 Å². The number of aryl methyl sites for hydroxylation is 6. The molecule has 6 atom stereocenters. The third-order valence-electron chi connectivity index (χ3n) is 35.3. The molecule has 4 aliphatic heterocycles. The minimum atomic E-state index is -0.884. The van der Waals surface area contributed by atoms with Crippen LogP contribution in [-0.4, -0.2) is 18.4 Å². The summed E-state index contributed by atoms with van der Waals surface area (Å²) in [6.45, 7) is 0.714. The summed E-state index contributed by atoms with van der Waals surface area (Å²) in [7, 11) is 0. The van der Waals surface area contributed by atoms with Crippen molar-refractivity contribution < 1.29 is 28.4 Å². The molecule has 0 amide bonds. The molecule has 1 saturated carbocycles. The fourth-order valence-corrected chi connectivity index (χ4v) is 32.4. The van der Waals surface area contributed by atoms with Crippen LogP contribution in [0.4, 0.5) is 0 Å². The lowest BCUT2D eigenvalue weighted by atomic mass is 9.83. The standard InChI is InChI=1S/C38H24O2.C36H20O3.C32H14O/c1-2-6-38(7-3-1)39-36-20-12-18-10-16-8-14-4-5-15-9-17-11-19-13-21(37(36)40-38)29-28(20)32-26(18)24(16)30-22(14)23(15)31-25(17)27(19)33(29)35(32)34(30)31;1-4-36(37-5-1)38-34-18-10-16-8-14-6-12-2-3-13-7-15-9-17-11-19(35(34)39-36)27-26(18)30-24(16)22(14)28-20(12)21(13)29-23(15)25(17)31(27)33(30)32(28)29;1-2-10-4-12-6-14-8-16-24-23-15(31-32(16)33-31)7-13-5-11-3-9(1)17-18(10)26-20(12)22(14)28(24)30-27(23)21(13)19(11)25(17)29(26)30/h8-9,12-13,36-37H,1-7,10-11H2;6-7,10-11,34-35H,1-5,8-9H2;3-4,7-8,31-32H,1-2,5-6H2. The van der Waals surface area contributed by atoms with Crippen molar-refractivity contribution >= 4 is 226 Å². The first-order valence-electron chi connectivity index (χ1n) is 43.1. The van der Waals surface area contributed by atoms with Gasteiger partial charge in [0.1, 0.15) is 36.6 Å². The van der Waals surface area contributed by atoms with Crippen molar-refractivity contribution in [3.8, 4) is 0 Å². The van der Waals surface area contributed by atoms with E-state index in [-0.39, 0.29) is 36.6 Å². The summed E-state index contributed by atoms with van der Waals surface area (Å²) in [6, 6.07) is 30.9. The Kier molecular flexibility index (Phi) is 7.20. The van der Waals surface area contributed by atoms with E-state index in [1.807, 2.05) is 0 Å². The highest BCUT2D eigenvalue weighted by atomic mass is 16.9. The second-order valence-electron chi connectivity index (χ2n) is 39.5. The van der Waals surface area contributed by atoms with Crippen LogP contribution < -0.4 is 0 Å². The summed E-state index contributed by atoms with van der Waals surface area (Å²) < 4.78 is 40.6. The van der Waals surface area contributed by atoms with Gasteiger partial charge in [-0.15, -0.1) is 0 Å². The average Bonchev–Trinajstić information content (AvgIpc) is 1.47. The van der Waals surface area contributed by atoms with Gasteiger partial charge in [-0.2, -0.15) is 0 Å². The van der Waals surface area contributed by atoms with Gasteiger partial charge in [0.05, 0.1) is 6.61 Å². The van der Waals surface area contributed by atoms with Crippen LogP contribution in [0.1, 0.15) is 215 Å². The van der Waals surface area contributed by atoms with E-state index in [0.717, 1.165) is 64.2 Å². The summed E-state index contributed by atoms with van der Waals surface area (Å²) in [5.41, 5.74) is 36.8. The van der Waals surface area contributed by atoms with Gasteiger partial charge in [-0.25, -0.2) is 0 Å². The normalized spacial score (nSPS) is 25.4. The van der Waals surface area contributed by atoms with Gasteiger partial charge in [-0.3, -0.25) is 0 Å². The molecule has 518 valence electrons. The summed E-state index contributed by atoms with van der Waals surface area (Å²) in [4.78, 5) is 0. The van der Waals surface area contributed by atoms with Crippen LogP contribution in [0.5, 0.6) is 0 Å². The lowest BCUT2D eigenvalue weighted by Gasteiger charge is -2.31. The molecule has 2 spiro atoms. The first-order chi connectivity index (χ1) is 55.4. The number of epoxide rings is 1. The van der Waals surface area contributed by atoms with Crippen molar-refractivity contribution in [1.82, 2.24) is 0 Å². The molecular weight excluding hydrogens is 1370 g/mol. The number of hydrogen-bond donors (Lipinski definition) is 0. The van der Waals surface area contributed by atoms with Gasteiger partial charge in [-0.05, 0) is 456 Å². The third-order valence-corrected chi connectivity index (χ3v) is 35.3. The van der Waals surface area contributed by atoms with Gasteiger partial charge >= 0.3 is 0 Å². The number of ether oxygens (including phenoxy) is 6. The molecular formula is C106H58O6. The van der Waals surface area contributed by atoms with Crippen LogP contribution in [0.2, 0.25) is 0 Å². The highest BCUT2D eigenvalue weighted by Gasteiger charge is 2.58. The first kappa shape index (κ1) is 52.8. The zero-order valence-electron chi connectivity index (χ0n) is 61.0. The van der Waals surface area contributed by atoms with Gasteiger partial charge in [-0.1, -0.05) is 79.2 Å². The second-order valence-corrected chi connectivity index (χ2v) is 39.5. The molecule has 41 rings (SSSR count). The molecule has 6 heteroatoms. The number of hydrogen-bond acceptors (Lipinski definition) is 6. The molecule has 112 heavy (non-hydrogen) atoms. The van der Waals surface area contributed by atoms with E-state index >= 15 is 0 Å². The van der Waals surface area contributed by atoms with Crippen molar-refractivity contribution in [1.29, 1.82) is 0 Å². The van der Waals surface area contributed by atoms with Crippen LogP contribution in [0, 0.1) is 0 Å². The van der Waals surface area contributed by atoms with Gasteiger partial charge < -0.3 is 28.4 Å². The quantitative estimate of drug-likeness (QED) is 0.111. The maximum atomic E-state index is 7.16. The van der Waals surface area contributed by atoms with E-state index in [2.05, 4.69) is 72.8 Å². The topological polar surface area (TPSA) is 58.7 Å². The highest BCUT2D eigenvalue weighted by Crippen LogP contribution is 2.73. The maximum absolute atomic E-state index is 7.16. The Morgan fingerprint density at radius 3 is 0.652 bits per heavy atom. The lowest BCUT2D eigenvalue weighted by Crippen LogP contribution is -2.32. The van der Waals surface area contributed by atoms with E-state index in [4.69, 9.17) is 28.4 Å². The number of rotatable bonds is 0. The molecule has 0 radical (unpaired) electrons. The van der Waals surface area contributed by atoms with E-state index in [1.165, 1.54) is 146 Å². The average molecular weight is 1430 g/mol. The number of fused-ring (bicyclic) bond motifs is 9. The predicted octanol–water partition coefficient (Wildman–Crippen LogP) is 24.8. The Hall–Kier alpha value is -10.4. The fraction of sp³-hybridized carbons (Fsp3) is 0.264. The van der Waals surface area contributed by atoms with Crippen LogP contribution >= 0.6 is 0 Å². The van der Waals surface area contributed by atoms with Gasteiger partial charge in [0.2, 0.25) is 0 Å². The van der Waals surface area contributed by atoms with Crippen molar-refractivity contribution in [2.24, 2.45) is 0 Å². The molecule has 24 aromatic rings. The first-order valence-corrected chi connectivity index (χ1v) is 43.1. The molecule has 0 aromatic heterocycles. The van der Waals surface area contributed by atoms with E-state index in [9.17, 15) is 0 Å². The SMILES string of the molecule is c1c2c3c4c(cc5c6c7c(cc8c9c%10c(cc%11c%12c(c1C%11)c3c(c46)c(c%12%10)c79)C1OC3(CCCCC3)OC81)C5)CC2.c1c2c3c4c(cc5c6c7c(cc8c9c%10c(cc%11c%12c(c1C%11)c3c(c46)c(c%12%10)c79)C1OC3(CCCO3)OC81)C5)CC2.c1c2c3c4c(cc5c6c7c(cc8c9c%10c(cc%11c%12c(c1C%11)c3c(c46)c(c%12%10)c79)C1OC81)C5)CC2. The summed E-state index contributed by atoms with van der Waals surface area (Å²) >= 11 is 0. The number of benzene rings is 18. The molecule has 4 heterocycles. The van der Waals surface area contributed by atoms with Crippen LogP contribution in [0.3, 0.4) is 0 Å². The van der Waals surface area contributed by atoms with Crippen LogP contribution in [0.25, 0.3) is 226 Å². The minimum absolute atomic E-state index is 0.00938. The lowest BCUT2D eigenvalue weighted by molar-refractivity contribution is -0.319. The van der Waals surface area contributed by atoms with E-state index < -0.39 is 11.8 Å². The Morgan fingerprint density at radius 1 is 0.188 bits per heavy atom. The third kappa shape index (κ3) is 4.71. The van der Waals surface area contributed by atoms with Gasteiger partial charge in [0.25, 0.3) is 5.97 Å². The van der Waals surface area contributed by atoms with Crippen LogP contribution in [0.15, 0.2) is 72.8 Å². The van der Waals surface area contributed by atoms with Crippen molar-refractivity contribution in [2.45, 2.75) is 170 Å². The molecule has 4 saturated heterocycles. The molecule has 13 aliphatic carbocycles. The van der Waals surface area contributed by atoms with Crippen LogP contribution in [-0.2, 0) is 105 Å². The maximum Gasteiger partial charge on any atom is 0.284 e. The second kappa shape index (κ2) is 15.3. The summed E-state index contributed by atoms with van der Waals surface area (Å²) in [6.07, 6.45) is 21.5. The fourth-order valence-electron chi connectivity index (χ4n) is 32.4. The van der Waals surface area contributed by atoms with E-state index in [0.29, 0.717) is 6.61 Å². The Balaban J connectivity index is 0.0000000757. The molecule has 6 unspecified atom stereocenters. The Labute approximate surface area is 633 Å². The zero-order chi connectivity index (χ0) is 69.4. The molecule has 6 nitrogen and oxygen atoms in total.